The van der Waals surface area contributed by atoms with Crippen molar-refractivity contribution in [3.8, 4) is 0 Å². The number of aromatic nitrogens is 2. The van der Waals surface area contributed by atoms with Crippen LogP contribution in [0.1, 0.15) is 27.9 Å². The molecule has 1 aliphatic rings. The van der Waals surface area contributed by atoms with Crippen LogP contribution >= 0.6 is 0 Å². The molecule has 0 fully saturated rings. The molecule has 0 radical (unpaired) electrons. The number of carbonyl (C=O) groups excluding carboxylic acids is 1. The number of nitrogens with zero attached hydrogens (tertiary/aromatic N) is 3. The molecule has 8 heteroatoms. The third-order valence-corrected chi connectivity index (χ3v) is 4.73. The molecule has 0 atom stereocenters. The van der Waals surface area contributed by atoms with E-state index in [1.807, 2.05) is 24.3 Å². The van der Waals surface area contributed by atoms with Crippen molar-refractivity contribution >= 4 is 23.2 Å². The average molecular weight is 398 g/mol. The lowest BCUT2D eigenvalue weighted by Crippen LogP contribution is -2.35. The minimum Gasteiger partial charge on any atom is -0.324 e. The van der Waals surface area contributed by atoms with Crippen LogP contribution in [-0.4, -0.2) is 22.4 Å². The van der Waals surface area contributed by atoms with Gasteiger partial charge in [0.1, 0.15) is 0 Å². The normalized spacial score (nSPS) is 13.7. The van der Waals surface area contributed by atoms with Crippen molar-refractivity contribution in [2.24, 2.45) is 0 Å². The van der Waals surface area contributed by atoms with Crippen LogP contribution in [0.5, 0.6) is 0 Å². The van der Waals surface area contributed by atoms with Crippen molar-refractivity contribution in [1.82, 2.24) is 9.97 Å². The second kappa shape index (κ2) is 7.54. The first-order valence-electron chi connectivity index (χ1n) is 9.08. The summed E-state index contributed by atoms with van der Waals surface area (Å²) in [7, 11) is 0. The maximum atomic E-state index is 13.1. The molecule has 2 aromatic carbocycles. The molecule has 2 heterocycles. The number of aryl methyl sites for hydroxylation is 1. The van der Waals surface area contributed by atoms with E-state index in [9.17, 15) is 18.0 Å². The number of halogens is 3. The monoisotopic (exact) mass is 398 g/mol. The van der Waals surface area contributed by atoms with Gasteiger partial charge in [-0.15, -0.1) is 0 Å². The number of rotatable bonds is 3. The summed E-state index contributed by atoms with van der Waals surface area (Å²) in [4.78, 5) is 22.6. The van der Waals surface area contributed by atoms with Gasteiger partial charge in [0, 0.05) is 24.6 Å². The first kappa shape index (κ1) is 18.9. The molecule has 148 valence electrons. The molecule has 0 saturated carbocycles. The summed E-state index contributed by atoms with van der Waals surface area (Å²) in [6.45, 7) is 0.592. The highest BCUT2D eigenvalue weighted by molar-refractivity contribution is 6.06. The Hall–Kier alpha value is -3.42. The van der Waals surface area contributed by atoms with Crippen molar-refractivity contribution in [2.45, 2.75) is 19.0 Å². The van der Waals surface area contributed by atoms with Crippen molar-refractivity contribution in [3.05, 3.63) is 77.6 Å². The van der Waals surface area contributed by atoms with Gasteiger partial charge in [-0.1, -0.05) is 30.3 Å². The van der Waals surface area contributed by atoms with Crippen LogP contribution in [0, 0.1) is 0 Å². The molecule has 3 aromatic rings. The minimum absolute atomic E-state index is 0.0164. The van der Waals surface area contributed by atoms with Crippen LogP contribution in [0.4, 0.5) is 30.5 Å². The van der Waals surface area contributed by atoms with Gasteiger partial charge in [-0.25, -0.2) is 9.97 Å². The number of alkyl halides is 3. The van der Waals surface area contributed by atoms with Gasteiger partial charge < -0.3 is 10.2 Å². The van der Waals surface area contributed by atoms with E-state index in [4.69, 9.17) is 0 Å². The van der Waals surface area contributed by atoms with Gasteiger partial charge in [0.2, 0.25) is 5.95 Å². The Labute approximate surface area is 165 Å². The molecule has 1 aliphatic heterocycles. The minimum atomic E-state index is -4.50. The summed E-state index contributed by atoms with van der Waals surface area (Å²) in [5, 5.41) is 2.57. The van der Waals surface area contributed by atoms with Crippen LogP contribution in [0.3, 0.4) is 0 Å². The molecule has 1 N–H and O–H groups in total. The number of nitrogens with one attached hydrogen (secondary N) is 1. The van der Waals surface area contributed by atoms with Crippen molar-refractivity contribution in [1.29, 1.82) is 0 Å². The molecule has 4 rings (SSSR count). The number of hydrogen-bond donors (Lipinski definition) is 1. The predicted octanol–water partition coefficient (Wildman–Crippen LogP) is 4.83. The number of anilines is 3. The van der Waals surface area contributed by atoms with Crippen molar-refractivity contribution < 1.29 is 18.0 Å². The Morgan fingerprint density at radius 3 is 2.45 bits per heavy atom. The van der Waals surface area contributed by atoms with Crippen molar-refractivity contribution in [2.75, 3.05) is 16.8 Å². The zero-order valence-electron chi connectivity index (χ0n) is 15.3. The van der Waals surface area contributed by atoms with Gasteiger partial charge in [-0.3, -0.25) is 4.79 Å². The summed E-state index contributed by atoms with van der Waals surface area (Å²) in [5.41, 5.74) is 1.29. The fourth-order valence-electron chi connectivity index (χ4n) is 3.36. The van der Waals surface area contributed by atoms with E-state index in [2.05, 4.69) is 15.3 Å². The lowest BCUT2D eigenvalue weighted by Gasteiger charge is -2.29. The summed E-state index contributed by atoms with van der Waals surface area (Å²) in [5.74, 6) is -0.253. The lowest BCUT2D eigenvalue weighted by atomic mass is 10.0. The first-order valence-corrected chi connectivity index (χ1v) is 9.08. The molecular formula is C21H17F3N4O. The summed E-state index contributed by atoms with van der Waals surface area (Å²) < 4.78 is 39.4. The Morgan fingerprint density at radius 1 is 1.00 bits per heavy atom. The lowest BCUT2D eigenvalue weighted by molar-refractivity contribution is -0.136. The largest absolute Gasteiger partial charge is 0.418 e. The van der Waals surface area contributed by atoms with Gasteiger partial charge in [-0.05, 0) is 36.6 Å². The van der Waals surface area contributed by atoms with Crippen LogP contribution in [0.15, 0.2) is 60.9 Å². The molecule has 5 nitrogen and oxygen atoms in total. The number of amides is 1. The molecule has 1 amide bonds. The summed E-state index contributed by atoms with van der Waals surface area (Å²) >= 11 is 0. The van der Waals surface area contributed by atoms with Gasteiger partial charge in [0.15, 0.2) is 0 Å². The summed E-state index contributed by atoms with van der Waals surface area (Å²) in [6, 6.07) is 12.8. The number of para-hydroxylation sites is 2. The quantitative estimate of drug-likeness (QED) is 0.687. The molecular weight excluding hydrogens is 381 g/mol. The van der Waals surface area contributed by atoms with E-state index in [0.717, 1.165) is 30.2 Å². The number of hydrogen-bond acceptors (Lipinski definition) is 4. The van der Waals surface area contributed by atoms with Gasteiger partial charge in [-0.2, -0.15) is 13.2 Å². The Kier molecular flexibility index (Phi) is 4.92. The summed E-state index contributed by atoms with van der Waals surface area (Å²) in [6.07, 6.45) is -0.0767. The Bertz CT molecular complexity index is 1030. The molecule has 0 spiro atoms. The Morgan fingerprint density at radius 2 is 1.69 bits per heavy atom. The number of carbonyl (C=O) groups is 1. The highest BCUT2D eigenvalue weighted by Crippen LogP contribution is 2.35. The maximum Gasteiger partial charge on any atom is 0.418 e. The fraction of sp³-hybridized carbons (Fsp3) is 0.190. The van der Waals surface area contributed by atoms with Crippen LogP contribution in [0.25, 0.3) is 0 Å². The molecule has 0 saturated heterocycles. The van der Waals surface area contributed by atoms with Gasteiger partial charge >= 0.3 is 6.18 Å². The second-order valence-electron chi connectivity index (χ2n) is 6.65. The fourth-order valence-corrected chi connectivity index (χ4v) is 3.36. The van der Waals surface area contributed by atoms with Gasteiger partial charge in [0.05, 0.1) is 16.8 Å². The SMILES string of the molecule is O=C(c1cnc(Nc2ccccc2C(F)(F)F)nc1)N1CCCc2ccccc21. The molecule has 0 bridgehead atoms. The van der Waals surface area contributed by atoms with E-state index < -0.39 is 11.7 Å². The average Bonchev–Trinajstić information content (AvgIpc) is 2.73. The number of benzene rings is 2. The first-order chi connectivity index (χ1) is 13.9. The zero-order chi connectivity index (χ0) is 20.4. The standard InChI is InChI=1S/C21H17F3N4O/c22-21(23,24)16-8-2-3-9-17(16)27-20-25-12-15(13-26-20)19(29)28-11-5-7-14-6-1-4-10-18(14)28/h1-4,6,8-10,12-13H,5,7,11H2,(H,25,26,27). The van der Waals surface area contributed by atoms with E-state index in [1.165, 1.54) is 30.6 Å². The topological polar surface area (TPSA) is 58.1 Å². The van der Waals surface area contributed by atoms with Crippen LogP contribution in [-0.2, 0) is 12.6 Å². The third kappa shape index (κ3) is 3.91. The van der Waals surface area contributed by atoms with Crippen LogP contribution in [0.2, 0.25) is 0 Å². The molecule has 0 aliphatic carbocycles. The Balaban J connectivity index is 1.55. The van der Waals surface area contributed by atoms with Crippen molar-refractivity contribution in [3.63, 3.8) is 0 Å². The highest BCUT2D eigenvalue weighted by Gasteiger charge is 2.33. The maximum absolute atomic E-state index is 13.1. The highest BCUT2D eigenvalue weighted by atomic mass is 19.4. The molecule has 29 heavy (non-hydrogen) atoms. The van der Waals surface area contributed by atoms with Gasteiger partial charge in [0.25, 0.3) is 5.91 Å². The van der Waals surface area contributed by atoms with E-state index in [-0.39, 0.29) is 23.1 Å². The molecule has 1 aromatic heterocycles. The molecule has 0 unspecified atom stereocenters. The smallest absolute Gasteiger partial charge is 0.324 e. The van der Waals surface area contributed by atoms with E-state index in [0.29, 0.717) is 6.54 Å². The second-order valence-corrected chi connectivity index (χ2v) is 6.65. The van der Waals surface area contributed by atoms with E-state index in [1.54, 1.807) is 4.90 Å². The predicted molar refractivity (Wildman–Crippen MR) is 103 cm³/mol. The number of fused-ring (bicyclic) bond motifs is 1. The zero-order valence-corrected chi connectivity index (χ0v) is 15.3. The van der Waals surface area contributed by atoms with E-state index >= 15 is 0 Å². The van der Waals surface area contributed by atoms with Crippen LogP contribution < -0.4 is 10.2 Å². The third-order valence-electron chi connectivity index (χ3n) is 4.73.